The second-order valence-electron chi connectivity index (χ2n) is 6.67. The molecule has 3 atom stereocenters. The molecule has 1 heterocycles. The summed E-state index contributed by atoms with van der Waals surface area (Å²) < 4.78 is 5.42. The lowest BCUT2D eigenvalue weighted by Crippen LogP contribution is -2.50. The van der Waals surface area contributed by atoms with Crippen molar-refractivity contribution in [3.05, 3.63) is 29.8 Å². The molecule has 0 radical (unpaired) electrons. The molecule has 23 heavy (non-hydrogen) atoms. The van der Waals surface area contributed by atoms with E-state index < -0.39 is 0 Å². The average molecular weight is 318 g/mol. The molecule has 1 amide bonds. The Bertz CT molecular complexity index is 553. The summed E-state index contributed by atoms with van der Waals surface area (Å²) in [7, 11) is 1.68. The normalized spacial score (nSPS) is 26.0. The van der Waals surface area contributed by atoms with Gasteiger partial charge in [-0.25, -0.2) is 0 Å². The molecule has 1 aromatic carbocycles. The number of ether oxygens (including phenoxy) is 1. The summed E-state index contributed by atoms with van der Waals surface area (Å²) in [6.45, 7) is 5.72. The molecule has 5 heteroatoms. The Balaban J connectivity index is 1.55. The molecule has 2 aliphatic rings. The molecular formula is C18H26N2O3. The van der Waals surface area contributed by atoms with Crippen molar-refractivity contribution in [3.63, 3.8) is 0 Å². The third-order valence-electron chi connectivity index (χ3n) is 4.85. The van der Waals surface area contributed by atoms with Gasteiger partial charge in [0.1, 0.15) is 5.75 Å². The lowest BCUT2D eigenvalue weighted by atomic mass is 10.1. The van der Waals surface area contributed by atoms with Crippen molar-refractivity contribution in [2.45, 2.75) is 25.4 Å². The summed E-state index contributed by atoms with van der Waals surface area (Å²) in [5.74, 6) is 1.57. The van der Waals surface area contributed by atoms with Gasteiger partial charge >= 0.3 is 0 Å². The number of benzene rings is 1. The number of rotatable bonds is 5. The van der Waals surface area contributed by atoms with Gasteiger partial charge in [0.2, 0.25) is 5.91 Å². The van der Waals surface area contributed by atoms with Gasteiger partial charge in [0, 0.05) is 38.6 Å². The summed E-state index contributed by atoms with van der Waals surface area (Å²) >= 11 is 0. The van der Waals surface area contributed by atoms with Gasteiger partial charge in [-0.15, -0.1) is 0 Å². The summed E-state index contributed by atoms with van der Waals surface area (Å²) in [6.07, 6.45) is 0.614. The second-order valence-corrected chi connectivity index (χ2v) is 6.67. The SMILES string of the molecule is COc1ccccc1[C@@H]1C[C@@H]1C(=O)N1CCN(C[C@@H](C)O)CC1. The van der Waals surface area contributed by atoms with Crippen molar-refractivity contribution >= 4 is 5.91 Å². The zero-order valence-corrected chi connectivity index (χ0v) is 13.9. The van der Waals surface area contributed by atoms with Crippen LogP contribution in [-0.4, -0.2) is 66.8 Å². The fraction of sp³-hybridized carbons (Fsp3) is 0.611. The first-order valence-electron chi connectivity index (χ1n) is 8.42. The number of methoxy groups -OCH3 is 1. The maximum absolute atomic E-state index is 12.7. The smallest absolute Gasteiger partial charge is 0.226 e. The van der Waals surface area contributed by atoms with E-state index in [1.165, 1.54) is 0 Å². The fourth-order valence-electron chi connectivity index (χ4n) is 3.54. The van der Waals surface area contributed by atoms with Gasteiger partial charge in [0.15, 0.2) is 0 Å². The molecule has 1 aromatic rings. The van der Waals surface area contributed by atoms with Crippen LogP contribution in [-0.2, 0) is 4.79 Å². The quantitative estimate of drug-likeness (QED) is 0.890. The highest BCUT2D eigenvalue weighted by molar-refractivity contribution is 5.83. The Morgan fingerprint density at radius 3 is 2.65 bits per heavy atom. The molecule has 5 nitrogen and oxygen atoms in total. The van der Waals surface area contributed by atoms with Crippen LogP contribution in [0.4, 0.5) is 0 Å². The first kappa shape index (κ1) is 16.3. The number of amides is 1. The molecule has 0 unspecified atom stereocenters. The minimum Gasteiger partial charge on any atom is -0.496 e. The monoisotopic (exact) mass is 318 g/mol. The van der Waals surface area contributed by atoms with Gasteiger partial charge in [-0.2, -0.15) is 0 Å². The fourth-order valence-corrected chi connectivity index (χ4v) is 3.54. The number of aliphatic hydroxyl groups is 1. The number of carbonyl (C=O) groups excluding carboxylic acids is 1. The van der Waals surface area contributed by atoms with Gasteiger partial charge in [-0.1, -0.05) is 18.2 Å². The Labute approximate surface area is 137 Å². The zero-order valence-electron chi connectivity index (χ0n) is 13.9. The van der Waals surface area contributed by atoms with Gasteiger partial charge in [0.25, 0.3) is 0 Å². The van der Waals surface area contributed by atoms with E-state index in [1.807, 2.05) is 23.1 Å². The standard InChI is InChI=1S/C18H26N2O3/c1-13(21)12-19-7-9-20(10-8-19)18(22)16-11-15(16)14-5-3-4-6-17(14)23-2/h3-6,13,15-16,21H,7-12H2,1-2H3/t13-,15+,16+/m1/s1. The molecule has 2 fully saturated rings. The van der Waals surface area contributed by atoms with Crippen molar-refractivity contribution in [1.82, 2.24) is 9.80 Å². The minimum absolute atomic E-state index is 0.106. The topological polar surface area (TPSA) is 53.0 Å². The van der Waals surface area contributed by atoms with E-state index in [9.17, 15) is 9.90 Å². The molecule has 0 aromatic heterocycles. The van der Waals surface area contributed by atoms with Crippen molar-refractivity contribution in [2.24, 2.45) is 5.92 Å². The Kier molecular flexibility index (Phi) is 4.87. The third-order valence-corrected chi connectivity index (χ3v) is 4.85. The van der Waals surface area contributed by atoms with E-state index in [0.29, 0.717) is 12.5 Å². The van der Waals surface area contributed by atoms with Crippen molar-refractivity contribution < 1.29 is 14.6 Å². The zero-order chi connectivity index (χ0) is 16.4. The molecule has 1 saturated carbocycles. The van der Waals surface area contributed by atoms with Gasteiger partial charge in [-0.3, -0.25) is 9.69 Å². The van der Waals surface area contributed by atoms with Crippen LogP contribution in [0.3, 0.4) is 0 Å². The highest BCUT2D eigenvalue weighted by Crippen LogP contribution is 2.51. The number of piperazine rings is 1. The molecule has 1 saturated heterocycles. The van der Waals surface area contributed by atoms with Crippen LogP contribution < -0.4 is 4.74 Å². The van der Waals surface area contributed by atoms with Crippen molar-refractivity contribution in [3.8, 4) is 5.75 Å². The van der Waals surface area contributed by atoms with Crippen LogP contribution in [0.2, 0.25) is 0 Å². The number of hydrogen-bond donors (Lipinski definition) is 1. The lowest BCUT2D eigenvalue weighted by Gasteiger charge is -2.35. The Morgan fingerprint density at radius 2 is 2.00 bits per heavy atom. The molecule has 1 aliphatic heterocycles. The Hall–Kier alpha value is -1.59. The molecule has 3 rings (SSSR count). The third kappa shape index (κ3) is 3.67. The summed E-state index contributed by atoms with van der Waals surface area (Å²) in [4.78, 5) is 16.9. The van der Waals surface area contributed by atoms with Crippen molar-refractivity contribution in [2.75, 3.05) is 39.8 Å². The molecule has 0 spiro atoms. The van der Waals surface area contributed by atoms with Crippen LogP contribution in [0.25, 0.3) is 0 Å². The second kappa shape index (κ2) is 6.89. The van der Waals surface area contributed by atoms with Crippen LogP contribution in [0, 0.1) is 5.92 Å². The van der Waals surface area contributed by atoms with E-state index in [0.717, 1.165) is 43.9 Å². The molecule has 126 valence electrons. The van der Waals surface area contributed by atoms with Crippen LogP contribution >= 0.6 is 0 Å². The number of aliphatic hydroxyl groups excluding tert-OH is 1. The van der Waals surface area contributed by atoms with Gasteiger partial charge in [0.05, 0.1) is 13.2 Å². The first-order chi connectivity index (χ1) is 11.1. The highest BCUT2D eigenvalue weighted by Gasteiger charge is 2.47. The number of carbonyl (C=O) groups is 1. The number of β-amino-alcohol motifs (C(OH)–C–C–N with tert-alkyl or cyclic N) is 1. The average Bonchev–Trinajstić information content (AvgIpc) is 3.35. The predicted octanol–water partition coefficient (Wildman–Crippen LogP) is 1.32. The maximum atomic E-state index is 12.7. The van der Waals surface area contributed by atoms with Crippen LogP contribution in [0.5, 0.6) is 5.75 Å². The molecule has 0 bridgehead atoms. The number of para-hydroxylation sites is 1. The van der Waals surface area contributed by atoms with E-state index in [1.54, 1.807) is 14.0 Å². The predicted molar refractivity (Wildman–Crippen MR) is 88.5 cm³/mol. The van der Waals surface area contributed by atoms with Crippen molar-refractivity contribution in [1.29, 1.82) is 0 Å². The largest absolute Gasteiger partial charge is 0.496 e. The van der Waals surface area contributed by atoms with E-state index in [2.05, 4.69) is 11.0 Å². The lowest BCUT2D eigenvalue weighted by molar-refractivity contribution is -0.134. The molecule has 1 N–H and O–H groups in total. The van der Waals surface area contributed by atoms with Gasteiger partial charge < -0.3 is 14.7 Å². The van der Waals surface area contributed by atoms with Gasteiger partial charge in [-0.05, 0) is 30.9 Å². The highest BCUT2D eigenvalue weighted by atomic mass is 16.5. The van der Waals surface area contributed by atoms with E-state index >= 15 is 0 Å². The summed E-state index contributed by atoms with van der Waals surface area (Å²) in [5, 5.41) is 9.45. The molecular weight excluding hydrogens is 292 g/mol. The first-order valence-corrected chi connectivity index (χ1v) is 8.42. The number of nitrogens with zero attached hydrogens (tertiary/aromatic N) is 2. The summed E-state index contributed by atoms with van der Waals surface area (Å²) in [6, 6.07) is 8.00. The summed E-state index contributed by atoms with van der Waals surface area (Å²) in [5.41, 5.74) is 1.15. The van der Waals surface area contributed by atoms with Crippen LogP contribution in [0.1, 0.15) is 24.8 Å². The minimum atomic E-state index is -0.310. The molecule has 1 aliphatic carbocycles. The number of hydrogen-bond acceptors (Lipinski definition) is 4. The Morgan fingerprint density at radius 1 is 1.30 bits per heavy atom. The van der Waals surface area contributed by atoms with Crippen LogP contribution in [0.15, 0.2) is 24.3 Å². The van der Waals surface area contributed by atoms with E-state index in [-0.39, 0.29) is 17.9 Å². The van der Waals surface area contributed by atoms with E-state index in [4.69, 9.17) is 4.74 Å². The maximum Gasteiger partial charge on any atom is 0.226 e.